The van der Waals surface area contributed by atoms with Crippen LogP contribution in [0, 0.1) is 0 Å². The molecule has 28 heavy (non-hydrogen) atoms. The standard InChI is InChI=1S/C25H27NO2/c27-25(28-20-21-12-4-1-5-13-21)26-19-11-10-18-24(22-14-6-2-7-15-22)23-16-8-3-9-17-23/h1-9,12-17,24H,10-11,18-20H2,(H,26,27). The molecule has 0 atom stereocenters. The highest BCUT2D eigenvalue weighted by Crippen LogP contribution is 2.29. The van der Waals surface area contributed by atoms with E-state index < -0.39 is 0 Å². The van der Waals surface area contributed by atoms with E-state index >= 15 is 0 Å². The van der Waals surface area contributed by atoms with Crippen LogP contribution in [0.1, 0.15) is 41.9 Å². The van der Waals surface area contributed by atoms with Gasteiger partial charge in [0.15, 0.2) is 0 Å². The number of rotatable bonds is 9. The van der Waals surface area contributed by atoms with Crippen LogP contribution in [0.25, 0.3) is 0 Å². The number of amides is 1. The van der Waals surface area contributed by atoms with Crippen molar-refractivity contribution in [2.75, 3.05) is 6.54 Å². The zero-order chi connectivity index (χ0) is 19.4. The molecule has 0 saturated carbocycles. The predicted molar refractivity (Wildman–Crippen MR) is 113 cm³/mol. The maximum absolute atomic E-state index is 11.8. The van der Waals surface area contributed by atoms with Crippen molar-refractivity contribution >= 4 is 6.09 Å². The summed E-state index contributed by atoms with van der Waals surface area (Å²) in [5.74, 6) is 0.382. The second kappa shape index (κ2) is 10.9. The molecule has 3 aromatic rings. The van der Waals surface area contributed by atoms with Gasteiger partial charge < -0.3 is 10.1 Å². The van der Waals surface area contributed by atoms with Gasteiger partial charge in [-0.05, 0) is 29.5 Å². The lowest BCUT2D eigenvalue weighted by Gasteiger charge is -2.18. The minimum Gasteiger partial charge on any atom is -0.445 e. The molecule has 1 N–H and O–H groups in total. The average molecular weight is 373 g/mol. The van der Waals surface area contributed by atoms with Crippen LogP contribution in [0.4, 0.5) is 4.79 Å². The second-order valence-corrected chi connectivity index (χ2v) is 6.86. The molecule has 3 heteroatoms. The summed E-state index contributed by atoms with van der Waals surface area (Å²) in [4.78, 5) is 11.8. The largest absolute Gasteiger partial charge is 0.445 e. The number of carbonyl (C=O) groups is 1. The molecule has 0 aliphatic rings. The van der Waals surface area contributed by atoms with Crippen LogP contribution in [-0.4, -0.2) is 12.6 Å². The Morgan fingerprint density at radius 1 is 0.750 bits per heavy atom. The van der Waals surface area contributed by atoms with Gasteiger partial charge in [-0.1, -0.05) is 97.4 Å². The van der Waals surface area contributed by atoms with Crippen molar-refractivity contribution in [3.05, 3.63) is 108 Å². The zero-order valence-corrected chi connectivity index (χ0v) is 16.1. The summed E-state index contributed by atoms with van der Waals surface area (Å²) < 4.78 is 5.24. The van der Waals surface area contributed by atoms with Gasteiger partial charge in [-0.2, -0.15) is 0 Å². The van der Waals surface area contributed by atoms with Crippen molar-refractivity contribution < 1.29 is 9.53 Å². The third-order valence-electron chi connectivity index (χ3n) is 4.81. The Morgan fingerprint density at radius 2 is 1.29 bits per heavy atom. The first-order chi connectivity index (χ1) is 13.8. The quantitative estimate of drug-likeness (QED) is 0.473. The lowest BCUT2D eigenvalue weighted by molar-refractivity contribution is 0.139. The first-order valence-electron chi connectivity index (χ1n) is 9.87. The molecule has 0 bridgehead atoms. The van der Waals surface area contributed by atoms with E-state index in [0.29, 0.717) is 19.1 Å². The van der Waals surface area contributed by atoms with Gasteiger partial charge in [0.25, 0.3) is 0 Å². The molecule has 0 heterocycles. The van der Waals surface area contributed by atoms with E-state index in [9.17, 15) is 4.79 Å². The highest BCUT2D eigenvalue weighted by atomic mass is 16.5. The van der Waals surface area contributed by atoms with Gasteiger partial charge in [0, 0.05) is 12.5 Å². The van der Waals surface area contributed by atoms with Crippen molar-refractivity contribution in [3.63, 3.8) is 0 Å². The maximum atomic E-state index is 11.8. The van der Waals surface area contributed by atoms with E-state index in [1.54, 1.807) is 0 Å². The summed E-state index contributed by atoms with van der Waals surface area (Å²) in [6.45, 7) is 0.931. The molecule has 0 aromatic heterocycles. The smallest absolute Gasteiger partial charge is 0.407 e. The molecular formula is C25H27NO2. The molecule has 3 rings (SSSR count). The van der Waals surface area contributed by atoms with E-state index in [0.717, 1.165) is 24.8 Å². The summed E-state index contributed by atoms with van der Waals surface area (Å²) in [6, 6.07) is 31.0. The number of alkyl carbamates (subject to hydrolysis) is 1. The highest BCUT2D eigenvalue weighted by Gasteiger charge is 2.13. The van der Waals surface area contributed by atoms with E-state index in [2.05, 4.69) is 66.0 Å². The SMILES string of the molecule is O=C(NCCCCC(c1ccccc1)c1ccccc1)OCc1ccccc1. The Kier molecular flexibility index (Phi) is 7.68. The van der Waals surface area contributed by atoms with Gasteiger partial charge in [-0.25, -0.2) is 4.79 Å². The minimum atomic E-state index is -0.355. The lowest BCUT2D eigenvalue weighted by atomic mass is 9.87. The van der Waals surface area contributed by atoms with Crippen LogP contribution in [0.3, 0.4) is 0 Å². The predicted octanol–water partition coefficient (Wildman–Crippen LogP) is 5.92. The van der Waals surface area contributed by atoms with Crippen LogP contribution >= 0.6 is 0 Å². The molecule has 144 valence electrons. The number of hydrogen-bond acceptors (Lipinski definition) is 2. The molecule has 0 saturated heterocycles. The van der Waals surface area contributed by atoms with E-state index in [4.69, 9.17) is 4.74 Å². The molecule has 3 aromatic carbocycles. The minimum absolute atomic E-state index is 0.302. The fourth-order valence-electron chi connectivity index (χ4n) is 3.33. The van der Waals surface area contributed by atoms with E-state index in [1.807, 2.05) is 30.3 Å². The Morgan fingerprint density at radius 3 is 1.86 bits per heavy atom. The Balaban J connectivity index is 1.41. The van der Waals surface area contributed by atoms with Crippen LogP contribution < -0.4 is 5.32 Å². The summed E-state index contributed by atoms with van der Waals surface area (Å²) in [5.41, 5.74) is 3.67. The number of carbonyl (C=O) groups excluding carboxylic acids is 1. The summed E-state index contributed by atoms with van der Waals surface area (Å²) >= 11 is 0. The van der Waals surface area contributed by atoms with Gasteiger partial charge in [-0.3, -0.25) is 0 Å². The summed E-state index contributed by atoms with van der Waals surface area (Å²) in [6.07, 6.45) is 2.66. The second-order valence-electron chi connectivity index (χ2n) is 6.86. The molecule has 3 nitrogen and oxygen atoms in total. The van der Waals surface area contributed by atoms with Crippen LogP contribution in [0.15, 0.2) is 91.0 Å². The van der Waals surface area contributed by atoms with Crippen molar-refractivity contribution in [2.45, 2.75) is 31.8 Å². The number of ether oxygens (including phenoxy) is 1. The molecule has 0 fully saturated rings. The van der Waals surface area contributed by atoms with Gasteiger partial charge in [-0.15, -0.1) is 0 Å². The highest BCUT2D eigenvalue weighted by molar-refractivity contribution is 5.67. The van der Waals surface area contributed by atoms with Crippen molar-refractivity contribution in [1.29, 1.82) is 0 Å². The Labute approximate surface area is 167 Å². The Hall–Kier alpha value is -3.07. The van der Waals surface area contributed by atoms with Crippen molar-refractivity contribution in [2.24, 2.45) is 0 Å². The van der Waals surface area contributed by atoms with E-state index in [-0.39, 0.29) is 6.09 Å². The molecule has 0 aliphatic carbocycles. The number of unbranched alkanes of at least 4 members (excludes halogenated alkanes) is 1. The average Bonchev–Trinajstić information content (AvgIpc) is 2.77. The molecule has 1 amide bonds. The summed E-state index contributed by atoms with van der Waals surface area (Å²) in [7, 11) is 0. The normalized spacial score (nSPS) is 10.6. The first kappa shape index (κ1) is 19.7. The number of hydrogen-bond donors (Lipinski definition) is 1. The summed E-state index contributed by atoms with van der Waals surface area (Å²) in [5, 5.41) is 2.85. The number of benzene rings is 3. The van der Waals surface area contributed by atoms with Crippen LogP contribution in [0.2, 0.25) is 0 Å². The molecule has 0 aliphatic heterocycles. The fraction of sp³-hybridized carbons (Fsp3) is 0.240. The fourth-order valence-corrected chi connectivity index (χ4v) is 3.33. The van der Waals surface area contributed by atoms with E-state index in [1.165, 1.54) is 11.1 Å². The number of nitrogens with one attached hydrogen (secondary N) is 1. The van der Waals surface area contributed by atoms with Gasteiger partial charge in [0.2, 0.25) is 0 Å². The topological polar surface area (TPSA) is 38.3 Å². The van der Waals surface area contributed by atoms with Crippen LogP contribution in [0.5, 0.6) is 0 Å². The van der Waals surface area contributed by atoms with Gasteiger partial charge in [0.1, 0.15) is 6.61 Å². The van der Waals surface area contributed by atoms with Crippen LogP contribution in [-0.2, 0) is 11.3 Å². The molecular weight excluding hydrogens is 346 g/mol. The lowest BCUT2D eigenvalue weighted by Crippen LogP contribution is -2.25. The third kappa shape index (κ3) is 6.27. The Bertz CT molecular complexity index is 779. The van der Waals surface area contributed by atoms with Gasteiger partial charge >= 0.3 is 6.09 Å². The van der Waals surface area contributed by atoms with Crippen molar-refractivity contribution in [1.82, 2.24) is 5.32 Å². The van der Waals surface area contributed by atoms with Gasteiger partial charge in [0.05, 0.1) is 0 Å². The van der Waals surface area contributed by atoms with Crippen molar-refractivity contribution in [3.8, 4) is 0 Å². The molecule has 0 radical (unpaired) electrons. The maximum Gasteiger partial charge on any atom is 0.407 e. The third-order valence-corrected chi connectivity index (χ3v) is 4.81. The zero-order valence-electron chi connectivity index (χ0n) is 16.1. The monoisotopic (exact) mass is 373 g/mol. The molecule has 0 spiro atoms. The molecule has 0 unspecified atom stereocenters. The first-order valence-corrected chi connectivity index (χ1v) is 9.87.